The Balaban J connectivity index is 0.00000200. The minimum absolute atomic E-state index is 0. The van der Waals surface area contributed by atoms with Crippen LogP contribution in [0.5, 0.6) is 0 Å². The van der Waals surface area contributed by atoms with Gasteiger partial charge in [0.1, 0.15) is 0 Å². The molecule has 1 aliphatic carbocycles. The standard InChI is InChI=1S/C15H22N2O2.ClH/c16-10-12-8-4-5-9-13(12)17-15(19)14(18)11-6-2-1-3-7-11;/h1-3,6-7,12-14,18H,4-5,8-10,16H2,(H,17,19);1H. The predicted molar refractivity (Wildman–Crippen MR) is 81.6 cm³/mol. The summed E-state index contributed by atoms with van der Waals surface area (Å²) in [5, 5.41) is 13.0. The second-order valence-electron chi connectivity index (χ2n) is 5.21. The van der Waals surface area contributed by atoms with Crippen LogP contribution in [0.1, 0.15) is 37.4 Å². The Labute approximate surface area is 126 Å². The van der Waals surface area contributed by atoms with Gasteiger partial charge in [-0.1, -0.05) is 43.2 Å². The molecule has 3 unspecified atom stereocenters. The molecule has 1 aliphatic rings. The van der Waals surface area contributed by atoms with E-state index in [9.17, 15) is 9.90 Å². The van der Waals surface area contributed by atoms with Gasteiger partial charge in [-0.3, -0.25) is 4.79 Å². The van der Waals surface area contributed by atoms with E-state index in [-0.39, 0.29) is 24.4 Å². The quantitative estimate of drug-likeness (QED) is 0.793. The lowest BCUT2D eigenvalue weighted by Gasteiger charge is -2.31. The molecule has 1 aromatic rings. The molecule has 5 heteroatoms. The summed E-state index contributed by atoms with van der Waals surface area (Å²) in [4.78, 5) is 12.1. The van der Waals surface area contributed by atoms with Crippen LogP contribution in [0.2, 0.25) is 0 Å². The number of benzene rings is 1. The molecular formula is C15H23ClN2O2. The molecule has 1 amide bonds. The second kappa shape index (κ2) is 8.25. The molecule has 20 heavy (non-hydrogen) atoms. The number of carbonyl (C=O) groups is 1. The highest BCUT2D eigenvalue weighted by molar-refractivity contribution is 5.85. The summed E-state index contributed by atoms with van der Waals surface area (Å²) in [7, 11) is 0. The molecular weight excluding hydrogens is 276 g/mol. The molecule has 1 saturated carbocycles. The first-order valence-corrected chi connectivity index (χ1v) is 6.96. The van der Waals surface area contributed by atoms with Gasteiger partial charge in [0.05, 0.1) is 0 Å². The van der Waals surface area contributed by atoms with Crippen molar-refractivity contribution in [2.45, 2.75) is 37.8 Å². The normalized spacial score (nSPS) is 23.5. The van der Waals surface area contributed by atoms with E-state index in [0.717, 1.165) is 19.3 Å². The molecule has 4 nitrogen and oxygen atoms in total. The molecule has 1 fully saturated rings. The second-order valence-corrected chi connectivity index (χ2v) is 5.21. The van der Waals surface area contributed by atoms with Crippen LogP contribution in [0.25, 0.3) is 0 Å². The van der Waals surface area contributed by atoms with Crippen molar-refractivity contribution in [3.05, 3.63) is 35.9 Å². The lowest BCUT2D eigenvalue weighted by atomic mass is 9.84. The zero-order chi connectivity index (χ0) is 13.7. The lowest BCUT2D eigenvalue weighted by Crippen LogP contribution is -2.46. The molecule has 0 saturated heterocycles. The topological polar surface area (TPSA) is 75.3 Å². The van der Waals surface area contributed by atoms with E-state index in [1.54, 1.807) is 12.1 Å². The van der Waals surface area contributed by atoms with Crippen molar-refractivity contribution in [2.75, 3.05) is 6.54 Å². The van der Waals surface area contributed by atoms with Crippen LogP contribution < -0.4 is 11.1 Å². The van der Waals surface area contributed by atoms with Crippen LogP contribution in [-0.2, 0) is 4.79 Å². The number of rotatable bonds is 4. The summed E-state index contributed by atoms with van der Waals surface area (Å²) in [5.41, 5.74) is 6.37. The minimum atomic E-state index is -1.10. The monoisotopic (exact) mass is 298 g/mol. The van der Waals surface area contributed by atoms with E-state index in [0.29, 0.717) is 18.0 Å². The highest BCUT2D eigenvalue weighted by Crippen LogP contribution is 2.24. The van der Waals surface area contributed by atoms with Gasteiger partial charge in [0.15, 0.2) is 6.10 Å². The highest BCUT2D eigenvalue weighted by Gasteiger charge is 2.27. The third-order valence-electron chi connectivity index (χ3n) is 3.90. The van der Waals surface area contributed by atoms with Crippen molar-refractivity contribution in [1.82, 2.24) is 5.32 Å². The summed E-state index contributed by atoms with van der Waals surface area (Å²) < 4.78 is 0. The fourth-order valence-electron chi connectivity index (χ4n) is 2.73. The lowest BCUT2D eigenvalue weighted by molar-refractivity contribution is -0.131. The summed E-state index contributed by atoms with van der Waals surface area (Å²) in [5.74, 6) is 0.0113. The van der Waals surface area contributed by atoms with Crippen molar-refractivity contribution in [3.63, 3.8) is 0 Å². The Hall–Kier alpha value is -1.10. The first-order chi connectivity index (χ1) is 9.22. The average Bonchev–Trinajstić information content (AvgIpc) is 2.48. The van der Waals surface area contributed by atoms with E-state index in [2.05, 4.69) is 5.32 Å². The van der Waals surface area contributed by atoms with Crippen LogP contribution in [0.15, 0.2) is 30.3 Å². The fraction of sp³-hybridized carbons (Fsp3) is 0.533. The Morgan fingerprint density at radius 3 is 2.60 bits per heavy atom. The van der Waals surface area contributed by atoms with Crippen molar-refractivity contribution in [3.8, 4) is 0 Å². The number of nitrogens with two attached hydrogens (primary N) is 1. The highest BCUT2D eigenvalue weighted by atomic mass is 35.5. The number of aliphatic hydroxyl groups excluding tert-OH is 1. The number of amides is 1. The summed E-state index contributed by atoms with van der Waals surface area (Å²) in [6, 6.07) is 9.10. The van der Waals surface area contributed by atoms with Crippen molar-refractivity contribution >= 4 is 18.3 Å². The molecule has 0 bridgehead atoms. The molecule has 3 atom stereocenters. The van der Waals surface area contributed by atoms with Crippen LogP contribution in [0.3, 0.4) is 0 Å². The molecule has 2 rings (SSSR count). The molecule has 1 aromatic carbocycles. The van der Waals surface area contributed by atoms with Gasteiger partial charge < -0.3 is 16.2 Å². The van der Waals surface area contributed by atoms with Gasteiger partial charge in [-0.25, -0.2) is 0 Å². The summed E-state index contributed by atoms with van der Waals surface area (Å²) in [6.45, 7) is 0.590. The van der Waals surface area contributed by atoms with E-state index in [1.165, 1.54) is 6.42 Å². The summed E-state index contributed by atoms with van der Waals surface area (Å²) >= 11 is 0. The van der Waals surface area contributed by atoms with Gasteiger partial charge in [-0.2, -0.15) is 0 Å². The molecule has 0 heterocycles. The average molecular weight is 299 g/mol. The zero-order valence-corrected chi connectivity index (χ0v) is 12.3. The van der Waals surface area contributed by atoms with E-state index in [4.69, 9.17) is 5.73 Å². The Kier molecular flexibility index (Phi) is 6.99. The largest absolute Gasteiger partial charge is 0.378 e. The van der Waals surface area contributed by atoms with Crippen LogP contribution in [0, 0.1) is 5.92 Å². The molecule has 0 aromatic heterocycles. The predicted octanol–water partition coefficient (Wildman–Crippen LogP) is 1.78. The van der Waals surface area contributed by atoms with Crippen molar-refractivity contribution in [2.24, 2.45) is 11.7 Å². The first-order valence-electron chi connectivity index (χ1n) is 6.96. The molecule has 0 aliphatic heterocycles. The minimum Gasteiger partial charge on any atom is -0.378 e. The maximum atomic E-state index is 12.1. The first kappa shape index (κ1) is 17.0. The number of hydrogen-bond acceptors (Lipinski definition) is 3. The SMILES string of the molecule is Cl.NCC1CCCCC1NC(=O)C(O)c1ccccc1. The van der Waals surface area contributed by atoms with Gasteiger partial charge in [0.25, 0.3) is 5.91 Å². The molecule has 112 valence electrons. The number of nitrogens with one attached hydrogen (secondary N) is 1. The van der Waals surface area contributed by atoms with Crippen molar-refractivity contribution < 1.29 is 9.90 Å². The Morgan fingerprint density at radius 2 is 1.95 bits per heavy atom. The number of aliphatic hydroxyl groups is 1. The van der Waals surface area contributed by atoms with Gasteiger partial charge in [-0.05, 0) is 30.9 Å². The fourth-order valence-corrected chi connectivity index (χ4v) is 2.73. The number of halogens is 1. The molecule has 4 N–H and O–H groups in total. The van der Waals surface area contributed by atoms with Crippen LogP contribution >= 0.6 is 12.4 Å². The Morgan fingerprint density at radius 1 is 1.30 bits per heavy atom. The van der Waals surface area contributed by atoms with Crippen LogP contribution in [0.4, 0.5) is 0 Å². The third kappa shape index (κ3) is 4.20. The van der Waals surface area contributed by atoms with E-state index < -0.39 is 6.10 Å². The van der Waals surface area contributed by atoms with Crippen molar-refractivity contribution in [1.29, 1.82) is 0 Å². The zero-order valence-electron chi connectivity index (χ0n) is 11.5. The summed E-state index contributed by atoms with van der Waals surface area (Å²) in [6.07, 6.45) is 3.21. The van der Waals surface area contributed by atoms with Gasteiger partial charge in [-0.15, -0.1) is 12.4 Å². The van der Waals surface area contributed by atoms with E-state index in [1.807, 2.05) is 18.2 Å². The maximum Gasteiger partial charge on any atom is 0.253 e. The number of hydrogen-bond donors (Lipinski definition) is 3. The van der Waals surface area contributed by atoms with Gasteiger partial charge >= 0.3 is 0 Å². The molecule has 0 spiro atoms. The van der Waals surface area contributed by atoms with Gasteiger partial charge in [0.2, 0.25) is 0 Å². The van der Waals surface area contributed by atoms with Gasteiger partial charge in [0, 0.05) is 6.04 Å². The maximum absolute atomic E-state index is 12.1. The Bertz CT molecular complexity index is 414. The van der Waals surface area contributed by atoms with Crippen LogP contribution in [-0.4, -0.2) is 23.6 Å². The van der Waals surface area contributed by atoms with E-state index >= 15 is 0 Å². The molecule has 0 radical (unpaired) electrons. The smallest absolute Gasteiger partial charge is 0.253 e. The number of carbonyl (C=O) groups excluding carboxylic acids is 1. The third-order valence-corrected chi connectivity index (χ3v) is 3.90.